The van der Waals surface area contributed by atoms with Crippen molar-refractivity contribution in [1.29, 1.82) is 0 Å². The van der Waals surface area contributed by atoms with Gasteiger partial charge in [-0.05, 0) is 12.8 Å². The summed E-state index contributed by atoms with van der Waals surface area (Å²) in [6.45, 7) is 5.74. The molecule has 0 aliphatic rings. The van der Waals surface area contributed by atoms with E-state index >= 15 is 0 Å². The molecule has 138 valence electrons. The number of nitrogens with one attached hydrogen (secondary N) is 1. The topological polar surface area (TPSA) is 79.0 Å². The van der Waals surface area contributed by atoms with Crippen LogP contribution in [0, 0.1) is 5.92 Å². The molecule has 3 amide bonds. The van der Waals surface area contributed by atoms with Crippen LogP contribution in [0.25, 0.3) is 0 Å². The van der Waals surface area contributed by atoms with E-state index in [4.69, 9.17) is 4.74 Å². The van der Waals surface area contributed by atoms with Crippen LogP contribution in [-0.4, -0.2) is 67.9 Å². The standard InChI is InChI=1S/C17H31N3O4/c1-7-10-19(4)17(23)18-12-15(22)20(5)16(13(3)8-2)14(24-6)9-11-21/h7,10-11,13-14,16H,8-9,12H2,1-6H3,(H,18,23). The zero-order chi connectivity index (χ0) is 18.7. The lowest BCUT2D eigenvalue weighted by Gasteiger charge is -2.37. The van der Waals surface area contributed by atoms with Gasteiger partial charge in [0.2, 0.25) is 5.91 Å². The van der Waals surface area contributed by atoms with Crippen LogP contribution in [0.1, 0.15) is 33.6 Å². The van der Waals surface area contributed by atoms with Gasteiger partial charge in [0.25, 0.3) is 0 Å². The molecule has 0 rings (SSSR count). The SMILES string of the molecule is CC=CN(C)C(=O)NCC(=O)N(C)C(C(C)CC)C(CC=O)OC. The van der Waals surface area contributed by atoms with Gasteiger partial charge in [-0.2, -0.15) is 0 Å². The van der Waals surface area contributed by atoms with Crippen molar-refractivity contribution in [2.24, 2.45) is 5.92 Å². The second-order valence-electron chi connectivity index (χ2n) is 5.81. The number of carbonyl (C=O) groups excluding carboxylic acids is 3. The summed E-state index contributed by atoms with van der Waals surface area (Å²) in [5.74, 6) is -0.0688. The molecule has 7 heteroatoms. The number of urea groups is 1. The molecule has 0 saturated carbocycles. The third-order valence-corrected chi connectivity index (χ3v) is 4.16. The fraction of sp³-hybridized carbons (Fsp3) is 0.706. The number of rotatable bonds is 10. The number of nitrogens with zero attached hydrogens (tertiary/aromatic N) is 2. The molecule has 0 aromatic rings. The van der Waals surface area contributed by atoms with Crippen LogP contribution in [0.15, 0.2) is 12.3 Å². The second kappa shape index (κ2) is 11.6. The van der Waals surface area contributed by atoms with E-state index in [1.807, 2.05) is 13.8 Å². The van der Waals surface area contributed by atoms with Crippen LogP contribution >= 0.6 is 0 Å². The number of allylic oxidation sites excluding steroid dienone is 1. The quantitative estimate of drug-likeness (QED) is 0.613. The van der Waals surface area contributed by atoms with Gasteiger partial charge in [-0.25, -0.2) is 4.79 Å². The van der Waals surface area contributed by atoms with Crippen molar-refractivity contribution in [2.75, 3.05) is 27.7 Å². The Morgan fingerprint density at radius 2 is 1.92 bits per heavy atom. The lowest BCUT2D eigenvalue weighted by atomic mass is 9.91. The Hall–Kier alpha value is -1.89. The van der Waals surface area contributed by atoms with E-state index in [0.29, 0.717) is 0 Å². The molecule has 3 unspecified atom stereocenters. The number of hydrogen-bond donors (Lipinski definition) is 1. The highest BCUT2D eigenvalue weighted by molar-refractivity contribution is 5.84. The van der Waals surface area contributed by atoms with Crippen LogP contribution < -0.4 is 5.32 Å². The molecule has 0 aliphatic carbocycles. The summed E-state index contributed by atoms with van der Waals surface area (Å²) in [6.07, 6.45) is 4.84. The fourth-order valence-electron chi connectivity index (χ4n) is 2.57. The summed E-state index contributed by atoms with van der Waals surface area (Å²) in [7, 11) is 4.82. The molecule has 0 aromatic carbocycles. The van der Waals surface area contributed by atoms with Crippen molar-refractivity contribution in [3.63, 3.8) is 0 Å². The highest BCUT2D eigenvalue weighted by Gasteiger charge is 2.32. The molecule has 0 fully saturated rings. The Labute approximate surface area is 145 Å². The number of ether oxygens (including phenoxy) is 1. The Morgan fingerprint density at radius 3 is 2.38 bits per heavy atom. The van der Waals surface area contributed by atoms with Gasteiger partial charge in [0.15, 0.2) is 0 Å². The molecule has 0 saturated heterocycles. The summed E-state index contributed by atoms with van der Waals surface area (Å²) in [5.41, 5.74) is 0. The normalized spacial score (nSPS) is 14.8. The first-order chi connectivity index (χ1) is 11.3. The monoisotopic (exact) mass is 341 g/mol. The Morgan fingerprint density at radius 1 is 1.29 bits per heavy atom. The van der Waals surface area contributed by atoms with Gasteiger partial charge in [-0.3, -0.25) is 4.79 Å². The van der Waals surface area contributed by atoms with Gasteiger partial charge in [0.05, 0.1) is 18.7 Å². The number of methoxy groups -OCH3 is 1. The van der Waals surface area contributed by atoms with E-state index in [1.54, 1.807) is 38.2 Å². The lowest BCUT2D eigenvalue weighted by molar-refractivity contribution is -0.136. The minimum atomic E-state index is -0.368. The average molecular weight is 341 g/mol. The average Bonchev–Trinajstić information content (AvgIpc) is 2.58. The van der Waals surface area contributed by atoms with E-state index in [9.17, 15) is 14.4 Å². The highest BCUT2D eigenvalue weighted by atomic mass is 16.5. The Balaban J connectivity index is 4.94. The molecule has 0 heterocycles. The third-order valence-electron chi connectivity index (χ3n) is 4.16. The van der Waals surface area contributed by atoms with Gasteiger partial charge in [0.1, 0.15) is 6.29 Å². The highest BCUT2D eigenvalue weighted by Crippen LogP contribution is 2.20. The Bertz CT molecular complexity index is 440. The number of aldehydes is 1. The summed E-state index contributed by atoms with van der Waals surface area (Å²) >= 11 is 0. The van der Waals surface area contributed by atoms with Gasteiger partial charge in [-0.1, -0.05) is 26.3 Å². The summed E-state index contributed by atoms with van der Waals surface area (Å²) in [4.78, 5) is 38.1. The molecule has 0 spiro atoms. The molecular weight excluding hydrogens is 310 g/mol. The second-order valence-corrected chi connectivity index (χ2v) is 5.81. The van der Waals surface area contributed by atoms with E-state index in [-0.39, 0.29) is 43.0 Å². The maximum atomic E-state index is 12.4. The molecule has 0 bridgehead atoms. The van der Waals surface area contributed by atoms with Crippen molar-refractivity contribution in [2.45, 2.75) is 45.8 Å². The molecular formula is C17H31N3O4. The molecule has 0 aliphatic heterocycles. The maximum Gasteiger partial charge on any atom is 0.321 e. The van der Waals surface area contributed by atoms with Crippen molar-refractivity contribution in [3.8, 4) is 0 Å². The Kier molecular flexibility index (Phi) is 10.7. The molecule has 0 aromatic heterocycles. The van der Waals surface area contributed by atoms with E-state index < -0.39 is 0 Å². The lowest BCUT2D eigenvalue weighted by Crippen LogP contribution is -2.52. The van der Waals surface area contributed by atoms with Gasteiger partial charge >= 0.3 is 6.03 Å². The molecule has 3 atom stereocenters. The number of likely N-dealkylation sites (N-methyl/N-ethyl adjacent to an activating group) is 1. The van der Waals surface area contributed by atoms with Crippen LogP contribution in [-0.2, 0) is 14.3 Å². The van der Waals surface area contributed by atoms with E-state index in [2.05, 4.69) is 5.32 Å². The first-order valence-electron chi connectivity index (χ1n) is 8.19. The maximum absolute atomic E-state index is 12.4. The minimum absolute atomic E-state index is 0.109. The third kappa shape index (κ3) is 6.70. The van der Waals surface area contributed by atoms with Gasteiger partial charge in [0, 0.05) is 33.8 Å². The summed E-state index contributed by atoms with van der Waals surface area (Å²) < 4.78 is 5.41. The number of carbonyl (C=O) groups is 3. The number of amides is 3. The van der Waals surface area contributed by atoms with Gasteiger partial charge < -0.3 is 24.6 Å². The van der Waals surface area contributed by atoms with Crippen LogP contribution in [0.4, 0.5) is 4.79 Å². The molecule has 7 nitrogen and oxygen atoms in total. The first-order valence-corrected chi connectivity index (χ1v) is 8.19. The predicted octanol–water partition coefficient (Wildman–Crippen LogP) is 1.64. The summed E-state index contributed by atoms with van der Waals surface area (Å²) in [5, 5.41) is 2.58. The minimum Gasteiger partial charge on any atom is -0.379 e. The first kappa shape index (κ1) is 22.1. The van der Waals surface area contributed by atoms with Crippen LogP contribution in [0.3, 0.4) is 0 Å². The largest absolute Gasteiger partial charge is 0.379 e. The van der Waals surface area contributed by atoms with Crippen molar-refractivity contribution in [3.05, 3.63) is 12.3 Å². The predicted molar refractivity (Wildman–Crippen MR) is 93.5 cm³/mol. The van der Waals surface area contributed by atoms with Crippen molar-refractivity contribution >= 4 is 18.2 Å². The fourth-order valence-corrected chi connectivity index (χ4v) is 2.57. The van der Waals surface area contributed by atoms with Gasteiger partial charge in [-0.15, -0.1) is 0 Å². The number of hydrogen-bond acceptors (Lipinski definition) is 4. The van der Waals surface area contributed by atoms with Crippen molar-refractivity contribution in [1.82, 2.24) is 15.1 Å². The molecule has 0 radical (unpaired) electrons. The van der Waals surface area contributed by atoms with E-state index in [0.717, 1.165) is 12.7 Å². The molecule has 1 N–H and O–H groups in total. The zero-order valence-corrected chi connectivity index (χ0v) is 15.6. The van der Waals surface area contributed by atoms with Crippen LogP contribution in [0.5, 0.6) is 0 Å². The van der Waals surface area contributed by atoms with E-state index in [1.165, 1.54) is 12.0 Å². The summed E-state index contributed by atoms with van der Waals surface area (Å²) in [6, 6.07) is -0.589. The van der Waals surface area contributed by atoms with Crippen molar-refractivity contribution < 1.29 is 19.1 Å². The zero-order valence-electron chi connectivity index (χ0n) is 15.6. The molecule has 24 heavy (non-hydrogen) atoms. The smallest absolute Gasteiger partial charge is 0.321 e. The van der Waals surface area contributed by atoms with Crippen LogP contribution in [0.2, 0.25) is 0 Å².